The van der Waals surface area contributed by atoms with Crippen LogP contribution in [0.25, 0.3) is 6.08 Å². The lowest BCUT2D eigenvalue weighted by molar-refractivity contribution is 0.00578. The van der Waals surface area contributed by atoms with Crippen molar-refractivity contribution in [3.05, 3.63) is 40.6 Å². The van der Waals surface area contributed by atoms with Crippen molar-refractivity contribution in [2.75, 3.05) is 13.6 Å². The van der Waals surface area contributed by atoms with E-state index in [9.17, 15) is 9.18 Å². The van der Waals surface area contributed by atoms with Crippen LogP contribution >= 0.6 is 0 Å². The van der Waals surface area contributed by atoms with Crippen LogP contribution < -0.4 is 5.32 Å². The summed E-state index contributed by atoms with van der Waals surface area (Å²) in [4.78, 5) is 10.9. The number of likely N-dealkylation sites (N-methyl/N-ethyl adjacent to an activating group) is 1. The molecule has 23 heavy (non-hydrogen) atoms. The van der Waals surface area contributed by atoms with Crippen molar-refractivity contribution in [3.63, 3.8) is 0 Å². The average molecular weight is 319 g/mol. The van der Waals surface area contributed by atoms with E-state index in [1.807, 2.05) is 40.8 Å². The summed E-state index contributed by atoms with van der Waals surface area (Å²) in [7, 11) is 1.35. The van der Waals surface area contributed by atoms with Crippen molar-refractivity contribution in [2.45, 2.75) is 38.9 Å². The minimum atomic E-state index is -0.525. The van der Waals surface area contributed by atoms with Gasteiger partial charge in [-0.1, -0.05) is 12.1 Å². The molecule has 0 aromatic heterocycles. The van der Waals surface area contributed by atoms with E-state index in [4.69, 9.17) is 9.31 Å². The number of benzene rings is 1. The smallest absolute Gasteiger partial charge is 0.400 e. The summed E-state index contributed by atoms with van der Waals surface area (Å²) in [5.74, 6) is -0.525. The molecular formula is C17H23BFNO3. The SMILES string of the molecule is CNCC(=Cc1ccc(F)c(C=O)c1)B1OC(C)(C)C(C)(C)O1. The lowest BCUT2D eigenvalue weighted by atomic mass is 9.77. The van der Waals surface area contributed by atoms with Gasteiger partial charge in [0.05, 0.1) is 16.8 Å². The van der Waals surface area contributed by atoms with Crippen molar-refractivity contribution in [1.82, 2.24) is 5.32 Å². The zero-order valence-electron chi connectivity index (χ0n) is 14.3. The Labute approximate surface area is 137 Å². The van der Waals surface area contributed by atoms with Crippen LogP contribution in [0.15, 0.2) is 23.7 Å². The van der Waals surface area contributed by atoms with Gasteiger partial charge in [0.15, 0.2) is 6.29 Å². The Bertz CT molecular complexity index is 612. The highest BCUT2D eigenvalue weighted by Crippen LogP contribution is 2.38. The molecular weight excluding hydrogens is 296 g/mol. The molecule has 0 amide bonds. The van der Waals surface area contributed by atoms with E-state index in [1.54, 1.807) is 6.07 Å². The third-order valence-electron chi connectivity index (χ3n) is 4.44. The van der Waals surface area contributed by atoms with Crippen LogP contribution in [0.1, 0.15) is 43.6 Å². The van der Waals surface area contributed by atoms with Gasteiger partial charge in [-0.25, -0.2) is 4.39 Å². The highest BCUT2D eigenvalue weighted by atomic mass is 19.1. The van der Waals surface area contributed by atoms with Crippen LogP contribution in [0.4, 0.5) is 4.39 Å². The molecule has 6 heteroatoms. The average Bonchev–Trinajstić information content (AvgIpc) is 2.69. The van der Waals surface area contributed by atoms with Crippen LogP contribution in [-0.4, -0.2) is 38.2 Å². The third kappa shape index (κ3) is 3.71. The maximum Gasteiger partial charge on any atom is 0.491 e. The van der Waals surface area contributed by atoms with E-state index in [1.165, 1.54) is 12.1 Å². The highest BCUT2D eigenvalue weighted by molar-refractivity contribution is 6.55. The van der Waals surface area contributed by atoms with Crippen molar-refractivity contribution >= 4 is 19.5 Å². The molecule has 0 radical (unpaired) electrons. The Morgan fingerprint density at radius 1 is 1.26 bits per heavy atom. The monoisotopic (exact) mass is 319 g/mol. The number of carbonyl (C=O) groups excluding carboxylic acids is 1. The Hall–Kier alpha value is -1.50. The molecule has 1 heterocycles. The number of carbonyl (C=O) groups is 1. The van der Waals surface area contributed by atoms with Crippen molar-refractivity contribution < 1.29 is 18.5 Å². The third-order valence-corrected chi connectivity index (χ3v) is 4.44. The number of rotatable bonds is 5. The molecule has 1 aliphatic heterocycles. The first-order valence-electron chi connectivity index (χ1n) is 7.65. The molecule has 0 unspecified atom stereocenters. The van der Waals surface area contributed by atoms with Gasteiger partial charge >= 0.3 is 7.12 Å². The number of nitrogens with one attached hydrogen (secondary N) is 1. The topological polar surface area (TPSA) is 47.6 Å². The molecule has 1 aromatic rings. The van der Waals surface area contributed by atoms with Crippen LogP contribution in [-0.2, 0) is 9.31 Å². The minimum absolute atomic E-state index is 0.0384. The Kier molecular flexibility index (Phi) is 5.09. The first-order chi connectivity index (χ1) is 10.7. The van der Waals surface area contributed by atoms with Gasteiger partial charge in [0, 0.05) is 6.54 Å². The molecule has 1 fully saturated rings. The molecule has 4 nitrogen and oxygen atoms in total. The molecule has 1 aliphatic rings. The van der Waals surface area contributed by atoms with Crippen LogP contribution in [0.5, 0.6) is 0 Å². The van der Waals surface area contributed by atoms with E-state index in [2.05, 4.69) is 5.32 Å². The van der Waals surface area contributed by atoms with Gasteiger partial charge in [-0.15, -0.1) is 0 Å². The Morgan fingerprint density at radius 3 is 2.39 bits per heavy atom. The summed E-state index contributed by atoms with van der Waals surface area (Å²) in [6, 6.07) is 4.43. The minimum Gasteiger partial charge on any atom is -0.400 e. The summed E-state index contributed by atoms with van der Waals surface area (Å²) in [6.45, 7) is 8.53. The standard InChI is InChI=1S/C17H23BFNO3/c1-16(2)17(3,4)23-18(22-16)14(10-20-5)9-12-6-7-15(19)13(8-12)11-21/h6-9,11,20H,10H2,1-5H3. The lowest BCUT2D eigenvalue weighted by Crippen LogP contribution is -2.41. The van der Waals surface area contributed by atoms with Gasteiger partial charge in [-0.2, -0.15) is 0 Å². The van der Waals surface area contributed by atoms with Gasteiger partial charge in [-0.05, 0) is 57.9 Å². The van der Waals surface area contributed by atoms with Crippen molar-refractivity contribution in [1.29, 1.82) is 0 Å². The van der Waals surface area contributed by atoms with Crippen LogP contribution in [0.3, 0.4) is 0 Å². The molecule has 1 N–H and O–H groups in total. The summed E-state index contributed by atoms with van der Waals surface area (Å²) in [5, 5.41) is 3.09. The number of hydrogen-bond donors (Lipinski definition) is 1. The maximum atomic E-state index is 13.4. The van der Waals surface area contributed by atoms with E-state index >= 15 is 0 Å². The van der Waals surface area contributed by atoms with E-state index in [-0.39, 0.29) is 5.56 Å². The fraction of sp³-hybridized carbons (Fsp3) is 0.471. The number of aldehydes is 1. The molecule has 0 atom stereocenters. The molecule has 0 saturated carbocycles. The predicted molar refractivity (Wildman–Crippen MR) is 89.8 cm³/mol. The first-order valence-corrected chi connectivity index (χ1v) is 7.65. The molecule has 1 saturated heterocycles. The molecule has 1 aromatic carbocycles. The summed E-state index contributed by atoms with van der Waals surface area (Å²) in [6.07, 6.45) is 2.38. The van der Waals surface area contributed by atoms with Crippen LogP contribution in [0.2, 0.25) is 0 Å². The summed E-state index contributed by atoms with van der Waals surface area (Å²) < 4.78 is 25.6. The van der Waals surface area contributed by atoms with Gasteiger partial charge in [0.1, 0.15) is 5.82 Å². The fourth-order valence-electron chi connectivity index (χ4n) is 2.36. The van der Waals surface area contributed by atoms with Crippen molar-refractivity contribution in [2.24, 2.45) is 0 Å². The van der Waals surface area contributed by atoms with Gasteiger partial charge in [0.2, 0.25) is 0 Å². The summed E-state index contributed by atoms with van der Waals surface area (Å²) in [5.41, 5.74) is 0.794. The number of halogens is 1. The highest BCUT2D eigenvalue weighted by Gasteiger charge is 2.52. The van der Waals surface area contributed by atoms with Crippen molar-refractivity contribution in [3.8, 4) is 0 Å². The second-order valence-electron chi connectivity index (χ2n) is 6.74. The molecule has 0 bridgehead atoms. The van der Waals surface area contributed by atoms with Crippen LogP contribution in [0, 0.1) is 5.82 Å². The zero-order valence-corrected chi connectivity index (χ0v) is 14.3. The largest absolute Gasteiger partial charge is 0.491 e. The first kappa shape index (κ1) is 17.9. The fourth-order valence-corrected chi connectivity index (χ4v) is 2.36. The second kappa shape index (κ2) is 6.55. The van der Waals surface area contributed by atoms with E-state index < -0.39 is 24.1 Å². The number of hydrogen-bond acceptors (Lipinski definition) is 4. The second-order valence-corrected chi connectivity index (χ2v) is 6.74. The van der Waals surface area contributed by atoms with Gasteiger partial charge in [-0.3, -0.25) is 4.79 Å². The normalized spacial score (nSPS) is 19.9. The Morgan fingerprint density at radius 2 is 1.87 bits per heavy atom. The van der Waals surface area contributed by atoms with Gasteiger partial charge < -0.3 is 14.6 Å². The molecule has 2 rings (SSSR count). The quantitative estimate of drug-likeness (QED) is 0.670. The maximum absolute atomic E-state index is 13.4. The van der Waals surface area contributed by atoms with E-state index in [0.29, 0.717) is 12.8 Å². The molecule has 0 spiro atoms. The van der Waals surface area contributed by atoms with E-state index in [0.717, 1.165) is 11.0 Å². The van der Waals surface area contributed by atoms with Gasteiger partial charge in [0.25, 0.3) is 0 Å². The predicted octanol–water partition coefficient (Wildman–Crippen LogP) is 2.87. The molecule has 124 valence electrons. The lowest BCUT2D eigenvalue weighted by Gasteiger charge is -2.32. The molecule has 0 aliphatic carbocycles. The zero-order chi connectivity index (χ0) is 17.3. The Balaban J connectivity index is 2.34. The summed E-state index contributed by atoms with van der Waals surface area (Å²) >= 11 is 0.